The van der Waals surface area contributed by atoms with Gasteiger partial charge in [0, 0.05) is 19.5 Å². The van der Waals surface area contributed by atoms with Crippen molar-refractivity contribution >= 4 is 17.7 Å². The van der Waals surface area contributed by atoms with Crippen LogP contribution in [-0.2, 0) is 14.4 Å². The normalized spacial score (nSPS) is 24.4. The lowest BCUT2D eigenvalue weighted by Crippen LogP contribution is -2.39. The summed E-state index contributed by atoms with van der Waals surface area (Å²) in [7, 11) is 1.65. The number of likely N-dealkylation sites (tertiary alicyclic amines) is 2. The van der Waals surface area contributed by atoms with Crippen LogP contribution in [0.3, 0.4) is 0 Å². The van der Waals surface area contributed by atoms with E-state index in [-0.39, 0.29) is 48.6 Å². The molecule has 2 heterocycles. The molecule has 0 saturated carbocycles. The molecule has 1 aromatic carbocycles. The molecule has 2 saturated heterocycles. The van der Waals surface area contributed by atoms with Crippen molar-refractivity contribution in [3.8, 4) is 5.75 Å². The average Bonchev–Trinajstić information content (AvgIpc) is 3.41. The smallest absolute Gasteiger partial charge is 0.233 e. The highest BCUT2D eigenvalue weighted by molar-refractivity contribution is 6.05. The number of nitrogens with one attached hydrogen (secondary N) is 1. The molecule has 0 unspecified atom stereocenters. The van der Waals surface area contributed by atoms with Gasteiger partial charge < -0.3 is 10.1 Å². The van der Waals surface area contributed by atoms with Crippen molar-refractivity contribution in [3.63, 3.8) is 0 Å². The summed E-state index contributed by atoms with van der Waals surface area (Å²) in [6.07, 6.45) is 7.66. The first-order valence-electron chi connectivity index (χ1n) is 11.2. The number of hydrogen-bond acceptors (Lipinski definition) is 5. The number of amides is 3. The molecule has 0 aromatic heterocycles. The van der Waals surface area contributed by atoms with Gasteiger partial charge in [-0.15, -0.1) is 0 Å². The van der Waals surface area contributed by atoms with Gasteiger partial charge in [-0.1, -0.05) is 24.3 Å². The number of carbonyl (C=O) groups excluding carboxylic acids is 3. The van der Waals surface area contributed by atoms with Crippen molar-refractivity contribution in [2.24, 2.45) is 11.8 Å². The quantitative estimate of drug-likeness (QED) is 0.511. The lowest BCUT2D eigenvalue weighted by atomic mass is 9.85. The van der Waals surface area contributed by atoms with Gasteiger partial charge in [0.05, 0.1) is 25.0 Å². The summed E-state index contributed by atoms with van der Waals surface area (Å²) in [6, 6.07) is 8.08. The summed E-state index contributed by atoms with van der Waals surface area (Å²) < 4.78 is 5.26. The van der Waals surface area contributed by atoms with E-state index in [1.54, 1.807) is 7.11 Å². The standard InChI is InChI=1S/C24H31N3O4/c1-31-18-10-8-17(9-11-18)21(26-13-4-5-14-26)16-25-22(28)12-15-27-23(29)19-6-2-3-7-20(19)24(27)30/h2-3,8-11,19-21H,4-7,12-16H2,1H3,(H,25,28)/t19-,20+,21-/m1/s1. The van der Waals surface area contributed by atoms with Gasteiger partial charge in [-0.3, -0.25) is 24.2 Å². The topological polar surface area (TPSA) is 79.0 Å². The molecule has 0 radical (unpaired) electrons. The van der Waals surface area contributed by atoms with E-state index in [9.17, 15) is 14.4 Å². The number of allylic oxidation sites excluding steroid dienone is 2. The number of ether oxygens (including phenoxy) is 1. The van der Waals surface area contributed by atoms with Gasteiger partial charge in [0.1, 0.15) is 5.75 Å². The molecule has 7 heteroatoms. The van der Waals surface area contributed by atoms with E-state index in [4.69, 9.17) is 4.74 Å². The maximum atomic E-state index is 12.6. The van der Waals surface area contributed by atoms with Crippen molar-refractivity contribution in [1.29, 1.82) is 0 Å². The number of imide groups is 1. The minimum atomic E-state index is -0.241. The predicted octanol–water partition coefficient (Wildman–Crippen LogP) is 2.29. The maximum absolute atomic E-state index is 12.6. The molecule has 3 aliphatic rings. The maximum Gasteiger partial charge on any atom is 0.233 e. The second-order valence-corrected chi connectivity index (χ2v) is 8.57. The molecule has 7 nitrogen and oxygen atoms in total. The number of nitrogens with zero attached hydrogens (tertiary/aromatic N) is 2. The van der Waals surface area contributed by atoms with Gasteiger partial charge >= 0.3 is 0 Å². The second kappa shape index (κ2) is 9.64. The van der Waals surface area contributed by atoms with Gasteiger partial charge in [0.15, 0.2) is 0 Å². The second-order valence-electron chi connectivity index (χ2n) is 8.57. The summed E-state index contributed by atoms with van der Waals surface area (Å²) in [5.74, 6) is -0.0546. The third kappa shape index (κ3) is 4.66. The highest BCUT2D eigenvalue weighted by Gasteiger charge is 2.46. The van der Waals surface area contributed by atoms with Crippen LogP contribution in [0.15, 0.2) is 36.4 Å². The molecule has 2 aliphatic heterocycles. The molecule has 0 bridgehead atoms. The largest absolute Gasteiger partial charge is 0.497 e. The fraction of sp³-hybridized carbons (Fsp3) is 0.542. The van der Waals surface area contributed by atoms with Crippen LogP contribution < -0.4 is 10.1 Å². The molecular formula is C24H31N3O4. The lowest BCUT2D eigenvalue weighted by molar-refractivity contribution is -0.140. The van der Waals surface area contributed by atoms with Crippen molar-refractivity contribution in [3.05, 3.63) is 42.0 Å². The molecule has 2 fully saturated rings. The van der Waals surface area contributed by atoms with E-state index in [0.29, 0.717) is 19.4 Å². The Hall–Kier alpha value is -2.67. The fourth-order valence-electron chi connectivity index (χ4n) is 4.94. The zero-order valence-corrected chi connectivity index (χ0v) is 18.1. The van der Waals surface area contributed by atoms with Crippen LogP contribution in [0.5, 0.6) is 5.75 Å². The number of benzene rings is 1. The Bertz CT molecular complexity index is 819. The first-order valence-corrected chi connectivity index (χ1v) is 11.2. The van der Waals surface area contributed by atoms with Crippen LogP contribution in [0.4, 0.5) is 0 Å². The molecule has 0 spiro atoms. The van der Waals surface area contributed by atoms with Crippen LogP contribution in [0.25, 0.3) is 0 Å². The minimum Gasteiger partial charge on any atom is -0.497 e. The third-order valence-corrected chi connectivity index (χ3v) is 6.74. The zero-order chi connectivity index (χ0) is 21.8. The third-order valence-electron chi connectivity index (χ3n) is 6.74. The SMILES string of the molecule is COc1ccc([C@@H](CNC(=O)CCN2C(=O)[C@H]3CC=CC[C@H]3C2=O)N2CCCC2)cc1. The van der Waals surface area contributed by atoms with Crippen molar-refractivity contribution < 1.29 is 19.1 Å². The van der Waals surface area contributed by atoms with Crippen molar-refractivity contribution in [2.45, 2.75) is 38.1 Å². The molecular weight excluding hydrogens is 394 g/mol. The van der Waals surface area contributed by atoms with Crippen molar-refractivity contribution in [1.82, 2.24) is 15.1 Å². The van der Waals surface area contributed by atoms with Crippen LogP contribution in [-0.4, -0.2) is 60.8 Å². The summed E-state index contributed by atoms with van der Waals surface area (Å²) in [5, 5.41) is 3.03. The first kappa shape index (κ1) is 21.6. The molecule has 1 aliphatic carbocycles. The Balaban J connectivity index is 1.32. The molecule has 1 N–H and O–H groups in total. The number of fused-ring (bicyclic) bond motifs is 1. The van der Waals surface area contributed by atoms with Gasteiger partial charge in [0.2, 0.25) is 17.7 Å². The van der Waals surface area contributed by atoms with E-state index in [2.05, 4.69) is 10.2 Å². The highest BCUT2D eigenvalue weighted by Crippen LogP contribution is 2.35. The molecule has 3 atom stereocenters. The van der Waals surface area contributed by atoms with Crippen LogP contribution >= 0.6 is 0 Å². The molecule has 166 valence electrons. The van der Waals surface area contributed by atoms with E-state index in [0.717, 1.165) is 37.2 Å². The summed E-state index contributed by atoms with van der Waals surface area (Å²) in [6.45, 7) is 2.69. The molecule has 31 heavy (non-hydrogen) atoms. The number of rotatable bonds is 8. The highest BCUT2D eigenvalue weighted by atomic mass is 16.5. The number of methoxy groups -OCH3 is 1. The van der Waals surface area contributed by atoms with E-state index in [1.807, 2.05) is 36.4 Å². The summed E-state index contributed by atoms with van der Waals surface area (Å²) in [4.78, 5) is 41.4. The molecule has 1 aromatic rings. The van der Waals surface area contributed by atoms with E-state index in [1.165, 1.54) is 4.90 Å². The van der Waals surface area contributed by atoms with Gasteiger partial charge in [-0.2, -0.15) is 0 Å². The van der Waals surface area contributed by atoms with Crippen molar-refractivity contribution in [2.75, 3.05) is 33.3 Å². The van der Waals surface area contributed by atoms with E-state index < -0.39 is 0 Å². The summed E-state index contributed by atoms with van der Waals surface area (Å²) in [5.41, 5.74) is 1.14. The lowest BCUT2D eigenvalue weighted by Gasteiger charge is -2.28. The Morgan fingerprint density at radius 3 is 2.26 bits per heavy atom. The van der Waals surface area contributed by atoms with Crippen LogP contribution in [0, 0.1) is 11.8 Å². The Morgan fingerprint density at radius 2 is 1.68 bits per heavy atom. The van der Waals surface area contributed by atoms with Gasteiger partial charge in [-0.05, 0) is 56.5 Å². The molecule has 3 amide bonds. The van der Waals surface area contributed by atoms with Gasteiger partial charge in [-0.25, -0.2) is 0 Å². The zero-order valence-electron chi connectivity index (χ0n) is 18.1. The Kier molecular flexibility index (Phi) is 6.70. The Morgan fingerprint density at radius 1 is 1.06 bits per heavy atom. The predicted molar refractivity (Wildman–Crippen MR) is 116 cm³/mol. The number of hydrogen-bond donors (Lipinski definition) is 1. The van der Waals surface area contributed by atoms with Crippen LogP contribution in [0.2, 0.25) is 0 Å². The average molecular weight is 426 g/mol. The van der Waals surface area contributed by atoms with Crippen LogP contribution in [0.1, 0.15) is 43.7 Å². The number of carbonyl (C=O) groups is 3. The fourth-order valence-corrected chi connectivity index (χ4v) is 4.94. The van der Waals surface area contributed by atoms with Gasteiger partial charge in [0.25, 0.3) is 0 Å². The monoisotopic (exact) mass is 425 g/mol. The Labute approximate surface area is 183 Å². The summed E-state index contributed by atoms with van der Waals surface area (Å²) >= 11 is 0. The van der Waals surface area contributed by atoms with E-state index >= 15 is 0 Å². The minimum absolute atomic E-state index is 0.0985. The molecule has 4 rings (SSSR count). The first-order chi connectivity index (χ1) is 15.1.